The molecule has 130 valence electrons. The standard InChI is InChI=1S/C17H14N6O3/c1-26-16-3-2-11(8-19-16)21-15(24)10-22-7-5-13-12(17(22)25)9-18-14-4-6-20-23(13)14/h2-9H,10H2,1H3,(H,21,24). The maximum atomic E-state index is 12.6. The van der Waals surface area contributed by atoms with E-state index in [0.717, 1.165) is 0 Å². The Labute approximate surface area is 146 Å². The van der Waals surface area contributed by atoms with E-state index in [4.69, 9.17) is 4.74 Å². The predicted octanol–water partition coefficient (Wildman–Crippen LogP) is 1.09. The lowest BCUT2D eigenvalue weighted by Gasteiger charge is -2.09. The van der Waals surface area contributed by atoms with Gasteiger partial charge in [0.2, 0.25) is 11.8 Å². The summed E-state index contributed by atoms with van der Waals surface area (Å²) in [6.45, 7) is -0.127. The van der Waals surface area contributed by atoms with Crippen LogP contribution in [0.2, 0.25) is 0 Å². The molecule has 9 heteroatoms. The van der Waals surface area contributed by atoms with E-state index in [1.165, 1.54) is 24.1 Å². The molecule has 4 aromatic heterocycles. The number of carbonyl (C=O) groups is 1. The van der Waals surface area contributed by atoms with Crippen molar-refractivity contribution in [3.05, 3.63) is 59.4 Å². The molecule has 0 aliphatic heterocycles. The molecule has 0 bridgehead atoms. The number of anilines is 1. The number of carbonyl (C=O) groups excluding carboxylic acids is 1. The van der Waals surface area contributed by atoms with Crippen molar-refractivity contribution in [2.45, 2.75) is 6.54 Å². The highest BCUT2D eigenvalue weighted by atomic mass is 16.5. The van der Waals surface area contributed by atoms with Gasteiger partial charge in [-0.3, -0.25) is 9.59 Å². The van der Waals surface area contributed by atoms with Crippen molar-refractivity contribution in [3.8, 4) is 5.88 Å². The number of hydrogen-bond donors (Lipinski definition) is 1. The van der Waals surface area contributed by atoms with Crippen molar-refractivity contribution < 1.29 is 9.53 Å². The molecule has 1 N–H and O–H groups in total. The Bertz CT molecular complexity index is 1160. The van der Waals surface area contributed by atoms with E-state index in [-0.39, 0.29) is 18.0 Å². The molecule has 0 fully saturated rings. The summed E-state index contributed by atoms with van der Waals surface area (Å²) in [5.41, 5.74) is 1.50. The second kappa shape index (κ2) is 6.28. The van der Waals surface area contributed by atoms with Crippen LogP contribution in [0.25, 0.3) is 16.6 Å². The highest BCUT2D eigenvalue weighted by Crippen LogP contribution is 2.12. The minimum absolute atomic E-state index is 0.127. The average molecular weight is 350 g/mol. The van der Waals surface area contributed by atoms with Crippen molar-refractivity contribution in [2.75, 3.05) is 12.4 Å². The lowest BCUT2D eigenvalue weighted by molar-refractivity contribution is -0.116. The van der Waals surface area contributed by atoms with Gasteiger partial charge in [0.1, 0.15) is 6.54 Å². The van der Waals surface area contributed by atoms with Gasteiger partial charge < -0.3 is 14.6 Å². The summed E-state index contributed by atoms with van der Waals surface area (Å²) in [5.74, 6) is 0.109. The molecule has 0 unspecified atom stereocenters. The third kappa shape index (κ3) is 2.75. The molecule has 0 aromatic carbocycles. The van der Waals surface area contributed by atoms with E-state index in [1.54, 1.807) is 41.2 Å². The number of hydrogen-bond acceptors (Lipinski definition) is 6. The van der Waals surface area contributed by atoms with Crippen molar-refractivity contribution >= 4 is 28.1 Å². The van der Waals surface area contributed by atoms with Gasteiger partial charge in [-0.15, -0.1) is 0 Å². The number of fused-ring (bicyclic) bond motifs is 3. The third-order valence-corrected chi connectivity index (χ3v) is 3.90. The van der Waals surface area contributed by atoms with Crippen LogP contribution in [0.1, 0.15) is 0 Å². The zero-order valence-electron chi connectivity index (χ0n) is 13.8. The molecule has 0 saturated carbocycles. The quantitative estimate of drug-likeness (QED) is 0.591. The van der Waals surface area contributed by atoms with Gasteiger partial charge in [-0.05, 0) is 12.1 Å². The summed E-state index contributed by atoms with van der Waals surface area (Å²) in [6, 6.07) is 6.80. The van der Waals surface area contributed by atoms with Crippen molar-refractivity contribution in [1.82, 2.24) is 24.1 Å². The van der Waals surface area contributed by atoms with Crippen LogP contribution in [-0.4, -0.2) is 37.2 Å². The molecule has 0 saturated heterocycles. The highest BCUT2D eigenvalue weighted by Gasteiger charge is 2.10. The Morgan fingerprint density at radius 2 is 2.08 bits per heavy atom. The molecule has 26 heavy (non-hydrogen) atoms. The predicted molar refractivity (Wildman–Crippen MR) is 94.2 cm³/mol. The summed E-state index contributed by atoms with van der Waals surface area (Å²) < 4.78 is 7.88. The van der Waals surface area contributed by atoms with Crippen LogP contribution in [0.3, 0.4) is 0 Å². The van der Waals surface area contributed by atoms with Gasteiger partial charge in [0.25, 0.3) is 5.56 Å². The summed E-state index contributed by atoms with van der Waals surface area (Å²) in [7, 11) is 1.51. The summed E-state index contributed by atoms with van der Waals surface area (Å²) in [4.78, 5) is 33.1. The van der Waals surface area contributed by atoms with E-state index in [2.05, 4.69) is 20.4 Å². The number of rotatable bonds is 4. The third-order valence-electron chi connectivity index (χ3n) is 3.90. The minimum atomic E-state index is -0.341. The van der Waals surface area contributed by atoms with Gasteiger partial charge in [0.05, 0.1) is 36.1 Å². The number of nitrogens with zero attached hydrogens (tertiary/aromatic N) is 5. The second-order valence-corrected chi connectivity index (χ2v) is 5.54. The Hall–Kier alpha value is -3.75. The molecule has 4 aromatic rings. The first-order valence-corrected chi connectivity index (χ1v) is 7.77. The summed E-state index contributed by atoms with van der Waals surface area (Å²) in [6.07, 6.45) is 6.16. The first kappa shape index (κ1) is 15.8. The van der Waals surface area contributed by atoms with Crippen LogP contribution in [0.5, 0.6) is 5.88 Å². The highest BCUT2D eigenvalue weighted by molar-refractivity contribution is 5.90. The van der Waals surface area contributed by atoms with Crippen LogP contribution < -0.4 is 15.6 Å². The fraction of sp³-hybridized carbons (Fsp3) is 0.118. The first-order valence-electron chi connectivity index (χ1n) is 7.77. The normalized spacial score (nSPS) is 11.0. The monoisotopic (exact) mass is 350 g/mol. The Balaban J connectivity index is 1.60. The van der Waals surface area contributed by atoms with Crippen LogP contribution in [0.4, 0.5) is 5.69 Å². The summed E-state index contributed by atoms with van der Waals surface area (Å²) >= 11 is 0. The van der Waals surface area contributed by atoms with E-state index in [0.29, 0.717) is 28.1 Å². The number of amides is 1. The molecular formula is C17H14N6O3. The van der Waals surface area contributed by atoms with Crippen LogP contribution in [0, 0.1) is 0 Å². The molecule has 0 aliphatic carbocycles. The van der Waals surface area contributed by atoms with Crippen LogP contribution >= 0.6 is 0 Å². The summed E-state index contributed by atoms with van der Waals surface area (Å²) in [5, 5.41) is 7.24. The number of nitrogens with one attached hydrogen (secondary N) is 1. The van der Waals surface area contributed by atoms with Crippen LogP contribution in [-0.2, 0) is 11.3 Å². The van der Waals surface area contributed by atoms with Gasteiger partial charge >= 0.3 is 0 Å². The molecular weight excluding hydrogens is 336 g/mol. The van der Waals surface area contributed by atoms with Crippen molar-refractivity contribution in [1.29, 1.82) is 0 Å². The van der Waals surface area contributed by atoms with E-state index in [1.807, 2.05) is 0 Å². The van der Waals surface area contributed by atoms with Gasteiger partial charge in [0, 0.05) is 24.5 Å². The zero-order chi connectivity index (χ0) is 18.1. The van der Waals surface area contributed by atoms with E-state index in [9.17, 15) is 9.59 Å². The molecule has 0 radical (unpaired) electrons. The average Bonchev–Trinajstić information content (AvgIpc) is 3.13. The number of pyridine rings is 2. The first-order chi connectivity index (χ1) is 12.7. The zero-order valence-corrected chi connectivity index (χ0v) is 13.8. The molecule has 4 rings (SSSR count). The van der Waals surface area contributed by atoms with E-state index < -0.39 is 0 Å². The Kier molecular flexibility index (Phi) is 3.81. The van der Waals surface area contributed by atoms with Crippen LogP contribution in [0.15, 0.2) is 53.8 Å². The van der Waals surface area contributed by atoms with E-state index >= 15 is 0 Å². The van der Waals surface area contributed by atoms with Gasteiger partial charge in [0.15, 0.2) is 5.65 Å². The largest absolute Gasteiger partial charge is 0.481 e. The fourth-order valence-electron chi connectivity index (χ4n) is 2.65. The maximum absolute atomic E-state index is 12.6. The lowest BCUT2D eigenvalue weighted by Crippen LogP contribution is -2.27. The number of ether oxygens (including phenoxy) is 1. The smallest absolute Gasteiger partial charge is 0.262 e. The van der Waals surface area contributed by atoms with Gasteiger partial charge in [-0.1, -0.05) is 0 Å². The molecule has 0 atom stereocenters. The Morgan fingerprint density at radius 1 is 1.19 bits per heavy atom. The van der Waals surface area contributed by atoms with Gasteiger partial charge in [-0.2, -0.15) is 5.10 Å². The second-order valence-electron chi connectivity index (χ2n) is 5.54. The minimum Gasteiger partial charge on any atom is -0.481 e. The topological polar surface area (TPSA) is 103 Å². The molecule has 9 nitrogen and oxygen atoms in total. The molecule has 1 amide bonds. The maximum Gasteiger partial charge on any atom is 0.262 e. The number of methoxy groups -OCH3 is 1. The van der Waals surface area contributed by atoms with Crippen molar-refractivity contribution in [3.63, 3.8) is 0 Å². The molecule has 0 spiro atoms. The molecule has 4 heterocycles. The van der Waals surface area contributed by atoms with Crippen molar-refractivity contribution in [2.24, 2.45) is 0 Å². The Morgan fingerprint density at radius 3 is 2.85 bits per heavy atom. The number of aromatic nitrogens is 5. The fourth-order valence-corrected chi connectivity index (χ4v) is 2.65. The SMILES string of the molecule is COc1ccc(NC(=O)Cn2ccc3c(cnc4ccnn43)c2=O)cn1. The lowest BCUT2D eigenvalue weighted by atomic mass is 10.3. The van der Waals surface area contributed by atoms with Gasteiger partial charge in [-0.25, -0.2) is 14.5 Å². The molecule has 0 aliphatic rings.